The summed E-state index contributed by atoms with van der Waals surface area (Å²) in [5.41, 5.74) is 2.24. The molecule has 1 N–H and O–H groups in total. The number of thioether (sulfide) groups is 1. The van der Waals surface area contributed by atoms with Crippen LogP contribution in [0.25, 0.3) is 11.4 Å². The number of fused-ring (bicyclic) bond motifs is 1. The van der Waals surface area contributed by atoms with E-state index in [1.807, 2.05) is 0 Å². The van der Waals surface area contributed by atoms with Gasteiger partial charge in [-0.1, -0.05) is 23.2 Å². The largest absolute Gasteiger partial charge is 0.306 e. The maximum atomic E-state index is 11.9. The van der Waals surface area contributed by atoms with E-state index < -0.39 is 0 Å². The Morgan fingerprint density at radius 3 is 2.89 bits per heavy atom. The Morgan fingerprint density at radius 2 is 2.11 bits per heavy atom. The summed E-state index contributed by atoms with van der Waals surface area (Å²) in [6, 6.07) is 5.13. The fourth-order valence-electron chi connectivity index (χ4n) is 1.87. The molecule has 1 aliphatic rings. The van der Waals surface area contributed by atoms with Gasteiger partial charge in [0.25, 0.3) is 5.56 Å². The zero-order valence-electron chi connectivity index (χ0n) is 9.17. The van der Waals surface area contributed by atoms with Crippen LogP contribution in [0.4, 0.5) is 0 Å². The van der Waals surface area contributed by atoms with Gasteiger partial charge in [-0.2, -0.15) is 11.8 Å². The fraction of sp³-hybridized carbons (Fsp3) is 0.167. The first-order valence-electron chi connectivity index (χ1n) is 5.30. The lowest BCUT2D eigenvalue weighted by molar-refractivity contribution is 1.03. The lowest BCUT2D eigenvalue weighted by Crippen LogP contribution is -2.15. The molecular formula is C12H8Cl2N2OS. The molecule has 0 radical (unpaired) electrons. The minimum atomic E-state index is -0.0778. The molecule has 0 fully saturated rings. The third-order valence-corrected chi connectivity index (χ3v) is 4.29. The van der Waals surface area contributed by atoms with Gasteiger partial charge in [0, 0.05) is 27.7 Å². The SMILES string of the molecule is O=c1[nH]c(-c2ccc(Cl)cc2Cl)nc2c1CSC2. The van der Waals surface area contributed by atoms with Gasteiger partial charge in [0.05, 0.1) is 10.7 Å². The third kappa shape index (κ3) is 2.05. The maximum absolute atomic E-state index is 11.9. The lowest BCUT2D eigenvalue weighted by Gasteiger charge is -2.06. The second kappa shape index (κ2) is 4.61. The summed E-state index contributed by atoms with van der Waals surface area (Å²) in [6.07, 6.45) is 0. The van der Waals surface area contributed by atoms with Crippen molar-refractivity contribution in [2.75, 3.05) is 0 Å². The van der Waals surface area contributed by atoms with E-state index in [0.29, 0.717) is 21.4 Å². The molecule has 0 saturated heterocycles. The van der Waals surface area contributed by atoms with Crippen molar-refractivity contribution < 1.29 is 0 Å². The van der Waals surface area contributed by atoms with Crippen LogP contribution in [0.2, 0.25) is 10.0 Å². The Hall–Kier alpha value is -0.970. The Bertz CT molecular complexity index is 684. The smallest absolute Gasteiger partial charge is 0.255 e. The molecule has 1 aliphatic heterocycles. The Kier molecular flexibility index (Phi) is 3.09. The molecule has 3 rings (SSSR count). The number of halogens is 2. The zero-order valence-corrected chi connectivity index (χ0v) is 11.5. The van der Waals surface area contributed by atoms with Crippen LogP contribution >= 0.6 is 35.0 Å². The van der Waals surface area contributed by atoms with E-state index in [0.717, 1.165) is 22.8 Å². The van der Waals surface area contributed by atoms with Crippen LogP contribution in [-0.2, 0) is 11.5 Å². The Labute approximate surface area is 118 Å². The fourth-order valence-corrected chi connectivity index (χ4v) is 3.41. The average molecular weight is 299 g/mol. The minimum absolute atomic E-state index is 0.0778. The molecule has 1 aromatic carbocycles. The summed E-state index contributed by atoms with van der Waals surface area (Å²) in [4.78, 5) is 19.2. The highest BCUT2D eigenvalue weighted by Crippen LogP contribution is 2.30. The predicted molar refractivity (Wildman–Crippen MR) is 75.3 cm³/mol. The van der Waals surface area contributed by atoms with E-state index >= 15 is 0 Å². The van der Waals surface area contributed by atoms with Crippen molar-refractivity contribution in [3.05, 3.63) is 49.9 Å². The first-order valence-corrected chi connectivity index (χ1v) is 7.21. The molecule has 0 atom stereocenters. The molecule has 18 heavy (non-hydrogen) atoms. The molecular weight excluding hydrogens is 291 g/mol. The number of nitrogens with one attached hydrogen (secondary N) is 1. The number of H-pyrrole nitrogens is 1. The van der Waals surface area contributed by atoms with Crippen LogP contribution < -0.4 is 5.56 Å². The van der Waals surface area contributed by atoms with E-state index in [-0.39, 0.29) is 5.56 Å². The number of benzene rings is 1. The first kappa shape index (κ1) is 12.1. The minimum Gasteiger partial charge on any atom is -0.306 e. The summed E-state index contributed by atoms with van der Waals surface area (Å²) >= 11 is 13.7. The van der Waals surface area contributed by atoms with Gasteiger partial charge in [-0.3, -0.25) is 4.79 Å². The van der Waals surface area contributed by atoms with E-state index in [1.54, 1.807) is 30.0 Å². The molecule has 6 heteroatoms. The highest BCUT2D eigenvalue weighted by Gasteiger charge is 2.18. The van der Waals surface area contributed by atoms with Crippen LogP contribution in [0.3, 0.4) is 0 Å². The normalized spacial score (nSPS) is 13.7. The van der Waals surface area contributed by atoms with Gasteiger partial charge in [0.1, 0.15) is 5.82 Å². The van der Waals surface area contributed by atoms with Crippen molar-refractivity contribution in [1.29, 1.82) is 0 Å². The highest BCUT2D eigenvalue weighted by atomic mass is 35.5. The number of aromatic amines is 1. The first-order chi connectivity index (χ1) is 8.65. The van der Waals surface area contributed by atoms with Crippen molar-refractivity contribution in [3.63, 3.8) is 0 Å². The van der Waals surface area contributed by atoms with Gasteiger partial charge >= 0.3 is 0 Å². The maximum Gasteiger partial charge on any atom is 0.255 e. The average Bonchev–Trinajstić information content (AvgIpc) is 2.77. The molecule has 0 saturated carbocycles. The van der Waals surface area contributed by atoms with Crippen molar-refractivity contribution in [3.8, 4) is 11.4 Å². The molecule has 2 aromatic rings. The van der Waals surface area contributed by atoms with E-state index in [1.165, 1.54) is 0 Å². The molecule has 0 aliphatic carbocycles. The Balaban J connectivity index is 2.18. The van der Waals surface area contributed by atoms with Crippen LogP contribution in [0, 0.1) is 0 Å². The standard InChI is InChI=1S/C12H8Cl2N2OS/c13-6-1-2-7(9(14)3-6)11-15-10-5-18-4-8(10)12(17)16-11/h1-3H,4-5H2,(H,15,16,17). The molecule has 2 heterocycles. The van der Waals surface area contributed by atoms with E-state index in [4.69, 9.17) is 23.2 Å². The van der Waals surface area contributed by atoms with Crippen LogP contribution in [0.15, 0.2) is 23.0 Å². The van der Waals surface area contributed by atoms with Crippen molar-refractivity contribution in [1.82, 2.24) is 9.97 Å². The third-order valence-electron chi connectivity index (χ3n) is 2.77. The summed E-state index contributed by atoms with van der Waals surface area (Å²) in [5, 5.41) is 1.04. The summed E-state index contributed by atoms with van der Waals surface area (Å²) < 4.78 is 0. The quantitative estimate of drug-likeness (QED) is 0.876. The predicted octanol–water partition coefficient (Wildman–Crippen LogP) is 3.49. The van der Waals surface area contributed by atoms with Gasteiger partial charge < -0.3 is 4.98 Å². The number of nitrogens with zero attached hydrogens (tertiary/aromatic N) is 1. The van der Waals surface area contributed by atoms with Crippen LogP contribution in [0.1, 0.15) is 11.3 Å². The molecule has 0 amide bonds. The van der Waals surface area contributed by atoms with Crippen molar-refractivity contribution in [2.24, 2.45) is 0 Å². The van der Waals surface area contributed by atoms with Gasteiger partial charge in [-0.15, -0.1) is 0 Å². The number of aromatic nitrogens is 2. The molecule has 0 unspecified atom stereocenters. The topological polar surface area (TPSA) is 45.8 Å². The van der Waals surface area contributed by atoms with Gasteiger partial charge in [0.15, 0.2) is 0 Å². The molecule has 0 bridgehead atoms. The second-order valence-corrected chi connectivity index (χ2v) is 5.79. The molecule has 92 valence electrons. The van der Waals surface area contributed by atoms with Crippen molar-refractivity contribution in [2.45, 2.75) is 11.5 Å². The lowest BCUT2D eigenvalue weighted by atomic mass is 10.2. The van der Waals surface area contributed by atoms with Crippen LogP contribution in [0.5, 0.6) is 0 Å². The van der Waals surface area contributed by atoms with Crippen molar-refractivity contribution >= 4 is 35.0 Å². The molecule has 3 nitrogen and oxygen atoms in total. The molecule has 1 aromatic heterocycles. The summed E-state index contributed by atoms with van der Waals surface area (Å²) in [5.74, 6) is 2.01. The molecule has 0 spiro atoms. The van der Waals surface area contributed by atoms with Gasteiger partial charge in [-0.05, 0) is 18.2 Å². The Morgan fingerprint density at radius 1 is 1.28 bits per heavy atom. The summed E-state index contributed by atoms with van der Waals surface area (Å²) in [6.45, 7) is 0. The van der Waals surface area contributed by atoms with Gasteiger partial charge in [-0.25, -0.2) is 4.98 Å². The number of hydrogen-bond donors (Lipinski definition) is 1. The van der Waals surface area contributed by atoms with E-state index in [9.17, 15) is 4.79 Å². The highest BCUT2D eigenvalue weighted by molar-refractivity contribution is 7.98. The summed E-state index contributed by atoms with van der Waals surface area (Å²) in [7, 11) is 0. The monoisotopic (exact) mass is 298 g/mol. The van der Waals surface area contributed by atoms with Gasteiger partial charge in [0.2, 0.25) is 0 Å². The van der Waals surface area contributed by atoms with Crippen LogP contribution in [-0.4, -0.2) is 9.97 Å². The number of rotatable bonds is 1. The second-order valence-electron chi connectivity index (χ2n) is 3.96. The van der Waals surface area contributed by atoms with E-state index in [2.05, 4.69) is 9.97 Å². The zero-order chi connectivity index (χ0) is 12.7. The number of hydrogen-bond acceptors (Lipinski definition) is 3.